The predicted molar refractivity (Wildman–Crippen MR) is 108 cm³/mol. The van der Waals surface area contributed by atoms with Crippen LogP contribution in [0.4, 0.5) is 11.6 Å². The first-order valence-electron chi connectivity index (χ1n) is 9.45. The van der Waals surface area contributed by atoms with E-state index in [1.54, 1.807) is 14.2 Å². The molecule has 3 aromatic rings. The van der Waals surface area contributed by atoms with Crippen molar-refractivity contribution in [2.75, 3.05) is 25.2 Å². The van der Waals surface area contributed by atoms with Crippen molar-refractivity contribution < 1.29 is 4.74 Å². The van der Waals surface area contributed by atoms with Crippen LogP contribution in [0.2, 0.25) is 0 Å². The number of benzene rings is 1. The Morgan fingerprint density at radius 1 is 1.25 bits per heavy atom. The van der Waals surface area contributed by atoms with Crippen molar-refractivity contribution in [2.24, 2.45) is 13.0 Å². The maximum absolute atomic E-state index is 13.2. The van der Waals surface area contributed by atoms with Gasteiger partial charge in [-0.15, -0.1) is 0 Å². The van der Waals surface area contributed by atoms with E-state index in [-0.39, 0.29) is 17.8 Å². The summed E-state index contributed by atoms with van der Waals surface area (Å²) >= 11 is 0. The standard InChI is InChI=1S/C20H25N5O3/c1-13-6-5-7-15(10-13)24-11-14(2)12-25-16-17(21-19(24)25)22(3)20(27)23(18(16)26)8-9-28-4/h5-7,10,14H,8-9,11-12H2,1-4H3. The van der Waals surface area contributed by atoms with E-state index in [0.717, 1.165) is 17.8 Å². The molecule has 2 aromatic heterocycles. The highest BCUT2D eigenvalue weighted by Crippen LogP contribution is 2.33. The van der Waals surface area contributed by atoms with Crippen LogP contribution < -0.4 is 16.1 Å². The van der Waals surface area contributed by atoms with Crippen LogP contribution in [-0.2, 0) is 24.9 Å². The molecule has 0 N–H and O–H groups in total. The molecule has 0 saturated heterocycles. The van der Waals surface area contributed by atoms with Crippen LogP contribution in [0.1, 0.15) is 12.5 Å². The molecule has 1 aliphatic rings. The minimum absolute atomic E-state index is 0.218. The lowest BCUT2D eigenvalue weighted by Gasteiger charge is -2.33. The van der Waals surface area contributed by atoms with Crippen molar-refractivity contribution in [2.45, 2.75) is 26.9 Å². The van der Waals surface area contributed by atoms with Gasteiger partial charge in [0.05, 0.1) is 13.2 Å². The normalized spacial score (nSPS) is 16.6. The first kappa shape index (κ1) is 18.5. The third kappa shape index (κ3) is 2.84. The molecule has 0 saturated carbocycles. The van der Waals surface area contributed by atoms with E-state index >= 15 is 0 Å². The van der Waals surface area contributed by atoms with Gasteiger partial charge in [-0.25, -0.2) is 4.79 Å². The van der Waals surface area contributed by atoms with Crippen LogP contribution in [-0.4, -0.2) is 38.9 Å². The van der Waals surface area contributed by atoms with Crippen molar-refractivity contribution in [3.63, 3.8) is 0 Å². The Balaban J connectivity index is 1.98. The lowest BCUT2D eigenvalue weighted by Crippen LogP contribution is -2.41. The van der Waals surface area contributed by atoms with Crippen molar-refractivity contribution in [1.29, 1.82) is 0 Å². The molecule has 1 aliphatic heterocycles. The lowest BCUT2D eigenvalue weighted by atomic mass is 10.1. The molecule has 1 unspecified atom stereocenters. The smallest absolute Gasteiger partial charge is 0.332 e. The van der Waals surface area contributed by atoms with Gasteiger partial charge in [-0.1, -0.05) is 19.1 Å². The zero-order valence-corrected chi connectivity index (χ0v) is 16.7. The Kier molecular flexibility index (Phi) is 4.58. The summed E-state index contributed by atoms with van der Waals surface area (Å²) in [6.07, 6.45) is 0. The molecule has 28 heavy (non-hydrogen) atoms. The second-order valence-corrected chi connectivity index (χ2v) is 7.54. The number of aryl methyl sites for hydroxylation is 2. The number of hydrogen-bond donors (Lipinski definition) is 0. The van der Waals surface area contributed by atoms with Gasteiger partial charge >= 0.3 is 5.69 Å². The number of aromatic nitrogens is 4. The maximum atomic E-state index is 13.2. The molecule has 8 nitrogen and oxygen atoms in total. The fraction of sp³-hybridized carbons (Fsp3) is 0.450. The summed E-state index contributed by atoms with van der Waals surface area (Å²) in [4.78, 5) is 32.7. The van der Waals surface area contributed by atoms with Crippen molar-refractivity contribution in [1.82, 2.24) is 18.7 Å². The van der Waals surface area contributed by atoms with E-state index in [1.165, 1.54) is 9.13 Å². The van der Waals surface area contributed by atoms with E-state index < -0.39 is 0 Å². The van der Waals surface area contributed by atoms with Crippen LogP contribution in [0.25, 0.3) is 11.2 Å². The van der Waals surface area contributed by atoms with Crippen molar-refractivity contribution in [3.05, 3.63) is 50.7 Å². The second-order valence-electron chi connectivity index (χ2n) is 7.54. The number of methoxy groups -OCH3 is 1. The van der Waals surface area contributed by atoms with Gasteiger partial charge in [-0.05, 0) is 30.5 Å². The summed E-state index contributed by atoms with van der Waals surface area (Å²) in [5.74, 6) is 1.03. The number of imidazole rings is 1. The topological polar surface area (TPSA) is 74.3 Å². The fourth-order valence-electron chi connectivity index (χ4n) is 3.90. The van der Waals surface area contributed by atoms with Crippen molar-refractivity contribution >= 4 is 22.8 Å². The highest BCUT2D eigenvalue weighted by molar-refractivity contribution is 5.77. The summed E-state index contributed by atoms with van der Waals surface area (Å²) in [7, 11) is 3.21. The zero-order chi connectivity index (χ0) is 20.0. The van der Waals surface area contributed by atoms with Crippen molar-refractivity contribution in [3.8, 4) is 0 Å². The monoisotopic (exact) mass is 383 g/mol. The van der Waals surface area contributed by atoms with Gasteiger partial charge in [-0.2, -0.15) is 4.98 Å². The molecule has 0 bridgehead atoms. The van der Waals surface area contributed by atoms with Gasteiger partial charge in [-0.3, -0.25) is 13.9 Å². The third-order valence-corrected chi connectivity index (χ3v) is 5.27. The molecule has 1 aromatic carbocycles. The molecule has 3 heterocycles. The third-order valence-electron chi connectivity index (χ3n) is 5.27. The van der Waals surface area contributed by atoms with Gasteiger partial charge in [0.25, 0.3) is 5.56 Å². The Morgan fingerprint density at radius 2 is 2.04 bits per heavy atom. The molecule has 0 spiro atoms. The van der Waals surface area contributed by atoms with Crippen LogP contribution in [0.5, 0.6) is 0 Å². The van der Waals surface area contributed by atoms with E-state index in [2.05, 4.69) is 30.9 Å². The molecule has 148 valence electrons. The summed E-state index contributed by atoms with van der Waals surface area (Å²) in [6, 6.07) is 8.23. The van der Waals surface area contributed by atoms with E-state index in [4.69, 9.17) is 9.72 Å². The Bertz CT molecular complexity index is 1160. The van der Waals surface area contributed by atoms with Crippen LogP contribution in [0, 0.1) is 12.8 Å². The number of rotatable bonds is 4. The first-order chi connectivity index (χ1) is 13.4. The summed E-state index contributed by atoms with van der Waals surface area (Å²) in [6.45, 7) is 6.22. The zero-order valence-electron chi connectivity index (χ0n) is 16.7. The molecule has 0 aliphatic carbocycles. The van der Waals surface area contributed by atoms with Gasteiger partial charge in [0, 0.05) is 32.9 Å². The molecule has 8 heteroatoms. The summed E-state index contributed by atoms with van der Waals surface area (Å²) < 4.78 is 9.71. The molecular formula is C20H25N5O3. The van der Waals surface area contributed by atoms with Crippen LogP contribution in [0.3, 0.4) is 0 Å². The number of ether oxygens (including phenoxy) is 1. The van der Waals surface area contributed by atoms with Crippen LogP contribution >= 0.6 is 0 Å². The Hall–Kier alpha value is -2.87. The fourth-order valence-corrected chi connectivity index (χ4v) is 3.90. The maximum Gasteiger partial charge on any atom is 0.332 e. The summed E-state index contributed by atoms with van der Waals surface area (Å²) in [5, 5.41) is 0. The molecule has 4 rings (SSSR count). The number of nitrogens with zero attached hydrogens (tertiary/aromatic N) is 5. The molecule has 0 radical (unpaired) electrons. The van der Waals surface area contributed by atoms with Gasteiger partial charge in [0.2, 0.25) is 5.95 Å². The number of hydrogen-bond acceptors (Lipinski definition) is 5. The lowest BCUT2D eigenvalue weighted by molar-refractivity contribution is 0.184. The Labute approximate surface area is 162 Å². The molecule has 1 atom stereocenters. The van der Waals surface area contributed by atoms with Gasteiger partial charge < -0.3 is 14.2 Å². The Morgan fingerprint density at radius 3 is 2.75 bits per heavy atom. The van der Waals surface area contributed by atoms with E-state index in [9.17, 15) is 9.59 Å². The van der Waals surface area contributed by atoms with Gasteiger partial charge in [0.15, 0.2) is 11.2 Å². The highest BCUT2D eigenvalue weighted by Gasteiger charge is 2.29. The number of fused-ring (bicyclic) bond motifs is 3. The quantitative estimate of drug-likeness (QED) is 0.685. The molecule has 0 amide bonds. The minimum Gasteiger partial charge on any atom is -0.383 e. The summed E-state index contributed by atoms with van der Waals surface area (Å²) in [5.41, 5.74) is 2.40. The van der Waals surface area contributed by atoms with Crippen LogP contribution in [0.15, 0.2) is 33.9 Å². The molecule has 0 fully saturated rings. The average molecular weight is 383 g/mol. The first-order valence-corrected chi connectivity index (χ1v) is 9.45. The minimum atomic E-state index is -0.375. The van der Waals surface area contributed by atoms with E-state index in [0.29, 0.717) is 36.2 Å². The highest BCUT2D eigenvalue weighted by atomic mass is 16.5. The van der Waals surface area contributed by atoms with Gasteiger partial charge in [0.1, 0.15) is 0 Å². The largest absolute Gasteiger partial charge is 0.383 e. The number of anilines is 2. The molecular weight excluding hydrogens is 358 g/mol. The second kappa shape index (κ2) is 6.94. The predicted octanol–water partition coefficient (Wildman–Crippen LogP) is 1.64. The van der Waals surface area contributed by atoms with E-state index in [1.807, 2.05) is 16.7 Å². The SMILES string of the molecule is COCCn1c(=O)c2c(nc3n2CC(C)CN3c2cccc(C)c2)n(C)c1=O. The average Bonchev–Trinajstić information content (AvgIpc) is 3.05.